The lowest BCUT2D eigenvalue weighted by molar-refractivity contribution is -0.115. The fourth-order valence-electron chi connectivity index (χ4n) is 3.43. The van der Waals surface area contributed by atoms with E-state index in [9.17, 15) is 9.59 Å². The van der Waals surface area contributed by atoms with Gasteiger partial charge in [-0.15, -0.1) is 11.8 Å². The molecule has 1 fully saturated rings. The zero-order valence-electron chi connectivity index (χ0n) is 16.8. The van der Waals surface area contributed by atoms with Crippen molar-refractivity contribution in [3.05, 3.63) is 89.5 Å². The Balaban J connectivity index is 1.51. The number of ether oxygens (including phenoxy) is 1. The molecule has 152 valence electrons. The molecule has 1 aliphatic heterocycles. The zero-order chi connectivity index (χ0) is 21.1. The summed E-state index contributed by atoms with van der Waals surface area (Å²) in [6, 6.07) is 22.7. The molecule has 6 heteroatoms. The van der Waals surface area contributed by atoms with E-state index < -0.39 is 0 Å². The number of rotatable bonds is 5. The lowest BCUT2D eigenvalue weighted by Crippen LogP contribution is -2.27. The number of thioether (sulfide) groups is 1. The third-order valence-corrected chi connectivity index (χ3v) is 6.15. The maximum absolute atomic E-state index is 12.5. The molecule has 3 aromatic carbocycles. The maximum atomic E-state index is 12.5. The summed E-state index contributed by atoms with van der Waals surface area (Å²) < 4.78 is 5.18. The highest BCUT2D eigenvalue weighted by atomic mass is 32.2. The summed E-state index contributed by atoms with van der Waals surface area (Å²) in [7, 11) is 1.57. The number of methoxy groups -OCH3 is 1. The highest BCUT2D eigenvalue weighted by Gasteiger charge is 2.34. The van der Waals surface area contributed by atoms with E-state index in [1.54, 1.807) is 43.1 Å². The Morgan fingerprint density at radius 2 is 1.83 bits per heavy atom. The van der Waals surface area contributed by atoms with Gasteiger partial charge in [-0.3, -0.25) is 14.5 Å². The average molecular weight is 419 g/mol. The van der Waals surface area contributed by atoms with Gasteiger partial charge in [0.1, 0.15) is 11.1 Å². The van der Waals surface area contributed by atoms with E-state index in [1.165, 1.54) is 0 Å². The number of hydrogen-bond acceptors (Lipinski definition) is 4. The second-order valence-electron chi connectivity index (χ2n) is 7.07. The van der Waals surface area contributed by atoms with Crippen molar-refractivity contribution in [2.45, 2.75) is 12.3 Å². The smallest absolute Gasteiger partial charge is 0.255 e. The van der Waals surface area contributed by atoms with Crippen LogP contribution >= 0.6 is 11.8 Å². The molecule has 1 saturated heterocycles. The number of carbonyl (C=O) groups is 2. The molecule has 3 aromatic rings. The van der Waals surface area contributed by atoms with Crippen molar-refractivity contribution in [2.75, 3.05) is 23.1 Å². The predicted octanol–water partition coefficient (Wildman–Crippen LogP) is 5.03. The Labute approximate surface area is 180 Å². The van der Waals surface area contributed by atoms with Crippen LogP contribution in [-0.2, 0) is 4.79 Å². The van der Waals surface area contributed by atoms with Gasteiger partial charge in [0.2, 0.25) is 5.91 Å². The van der Waals surface area contributed by atoms with Crippen LogP contribution in [0.2, 0.25) is 0 Å². The van der Waals surface area contributed by atoms with E-state index >= 15 is 0 Å². The van der Waals surface area contributed by atoms with Crippen LogP contribution in [0.25, 0.3) is 0 Å². The minimum absolute atomic E-state index is 0.0811. The fraction of sp³-hybridized carbons (Fsp3) is 0.167. The third kappa shape index (κ3) is 4.19. The van der Waals surface area contributed by atoms with Crippen molar-refractivity contribution in [2.24, 2.45) is 0 Å². The number of benzene rings is 3. The lowest BCUT2D eigenvalue weighted by atomic mass is 10.1. The van der Waals surface area contributed by atoms with Crippen molar-refractivity contribution in [1.29, 1.82) is 0 Å². The highest BCUT2D eigenvalue weighted by Crippen LogP contribution is 2.42. The molecule has 1 N–H and O–H groups in total. The van der Waals surface area contributed by atoms with Crippen LogP contribution in [0.15, 0.2) is 72.8 Å². The van der Waals surface area contributed by atoms with Gasteiger partial charge in [-0.1, -0.05) is 30.3 Å². The highest BCUT2D eigenvalue weighted by molar-refractivity contribution is 8.00. The van der Waals surface area contributed by atoms with E-state index in [1.807, 2.05) is 60.4 Å². The zero-order valence-corrected chi connectivity index (χ0v) is 17.6. The molecule has 30 heavy (non-hydrogen) atoms. The predicted molar refractivity (Wildman–Crippen MR) is 121 cm³/mol. The molecule has 0 aromatic heterocycles. The van der Waals surface area contributed by atoms with Crippen LogP contribution in [0, 0.1) is 6.92 Å². The van der Waals surface area contributed by atoms with Crippen LogP contribution in [0.3, 0.4) is 0 Å². The number of aryl methyl sites for hydroxylation is 1. The summed E-state index contributed by atoms with van der Waals surface area (Å²) in [4.78, 5) is 26.9. The Kier molecular flexibility index (Phi) is 5.77. The van der Waals surface area contributed by atoms with Crippen molar-refractivity contribution in [1.82, 2.24) is 0 Å². The van der Waals surface area contributed by atoms with Crippen molar-refractivity contribution >= 4 is 35.0 Å². The molecule has 0 bridgehead atoms. The Bertz CT molecular complexity index is 1080. The first-order valence-corrected chi connectivity index (χ1v) is 10.7. The lowest BCUT2D eigenvalue weighted by Gasteiger charge is -2.25. The number of anilines is 2. The molecule has 2 amide bonds. The summed E-state index contributed by atoms with van der Waals surface area (Å²) in [5.74, 6) is 0.990. The molecule has 1 heterocycles. The molecule has 4 rings (SSSR count). The van der Waals surface area contributed by atoms with Crippen LogP contribution < -0.4 is 15.0 Å². The average Bonchev–Trinajstić information content (AvgIpc) is 3.15. The van der Waals surface area contributed by atoms with Gasteiger partial charge in [-0.25, -0.2) is 0 Å². The SMILES string of the molecule is COc1cccc(C(=O)Nc2ccc(C3SCC(=O)N3c3cccc(C)c3)cc2)c1. The first kappa shape index (κ1) is 20.0. The topological polar surface area (TPSA) is 58.6 Å². The van der Waals surface area contributed by atoms with Crippen LogP contribution in [-0.4, -0.2) is 24.7 Å². The quantitative estimate of drug-likeness (QED) is 0.631. The van der Waals surface area contributed by atoms with Crippen LogP contribution in [0.4, 0.5) is 11.4 Å². The third-order valence-electron chi connectivity index (χ3n) is 4.93. The number of carbonyl (C=O) groups excluding carboxylic acids is 2. The van der Waals surface area contributed by atoms with Crippen LogP contribution in [0.1, 0.15) is 26.9 Å². The normalized spacial score (nSPS) is 15.9. The Hall–Kier alpha value is -3.25. The van der Waals surface area contributed by atoms with Gasteiger partial charge < -0.3 is 10.1 Å². The van der Waals surface area contributed by atoms with E-state index in [0.29, 0.717) is 22.8 Å². The maximum Gasteiger partial charge on any atom is 0.255 e. The van der Waals surface area contributed by atoms with Gasteiger partial charge in [0.15, 0.2) is 0 Å². The molecule has 0 radical (unpaired) electrons. The van der Waals surface area contributed by atoms with Gasteiger partial charge in [0, 0.05) is 16.9 Å². The molecular formula is C24H22N2O3S. The van der Waals surface area contributed by atoms with Gasteiger partial charge in [-0.05, 0) is 60.5 Å². The molecule has 1 unspecified atom stereocenters. The van der Waals surface area contributed by atoms with Gasteiger partial charge in [-0.2, -0.15) is 0 Å². The second kappa shape index (κ2) is 8.63. The van der Waals surface area contributed by atoms with E-state index in [4.69, 9.17) is 4.74 Å². The van der Waals surface area contributed by atoms with Crippen LogP contribution in [0.5, 0.6) is 5.75 Å². The first-order chi connectivity index (χ1) is 14.5. The van der Waals surface area contributed by atoms with E-state index in [0.717, 1.165) is 16.8 Å². The summed E-state index contributed by atoms with van der Waals surface area (Å²) in [6.07, 6.45) is 0. The van der Waals surface area contributed by atoms with Crippen molar-refractivity contribution in [3.63, 3.8) is 0 Å². The molecule has 1 aliphatic rings. The molecular weight excluding hydrogens is 396 g/mol. The molecule has 0 aliphatic carbocycles. The number of hydrogen-bond donors (Lipinski definition) is 1. The summed E-state index contributed by atoms with van der Waals surface area (Å²) in [5.41, 5.74) is 4.27. The van der Waals surface area contributed by atoms with Gasteiger partial charge in [0.05, 0.1) is 12.9 Å². The van der Waals surface area contributed by atoms with Crippen molar-refractivity contribution < 1.29 is 14.3 Å². The van der Waals surface area contributed by atoms with Gasteiger partial charge in [0.25, 0.3) is 5.91 Å². The van der Waals surface area contributed by atoms with Gasteiger partial charge >= 0.3 is 0 Å². The molecule has 0 saturated carbocycles. The second-order valence-corrected chi connectivity index (χ2v) is 8.14. The summed E-state index contributed by atoms with van der Waals surface area (Å²) >= 11 is 1.61. The van der Waals surface area contributed by atoms with E-state index in [2.05, 4.69) is 5.32 Å². The van der Waals surface area contributed by atoms with E-state index in [-0.39, 0.29) is 17.2 Å². The number of nitrogens with zero attached hydrogens (tertiary/aromatic N) is 1. The number of amides is 2. The van der Waals surface area contributed by atoms with Crippen molar-refractivity contribution in [3.8, 4) is 5.75 Å². The Morgan fingerprint density at radius 3 is 2.57 bits per heavy atom. The standard InChI is InChI=1S/C24H22N2O3S/c1-16-5-3-7-20(13-16)26-22(27)15-30-24(26)17-9-11-19(12-10-17)25-23(28)18-6-4-8-21(14-18)29-2/h3-14,24H,15H2,1-2H3,(H,25,28). The fourth-order valence-corrected chi connectivity index (χ4v) is 4.60. The largest absolute Gasteiger partial charge is 0.497 e. The summed E-state index contributed by atoms with van der Waals surface area (Å²) in [5, 5.41) is 2.82. The molecule has 1 atom stereocenters. The minimum atomic E-state index is -0.201. The molecule has 5 nitrogen and oxygen atoms in total. The number of nitrogens with one attached hydrogen (secondary N) is 1. The molecule has 0 spiro atoms. The summed E-state index contributed by atoms with van der Waals surface area (Å²) in [6.45, 7) is 2.02. The Morgan fingerprint density at radius 1 is 1.07 bits per heavy atom. The minimum Gasteiger partial charge on any atom is -0.497 e. The monoisotopic (exact) mass is 418 g/mol. The first-order valence-electron chi connectivity index (χ1n) is 9.61.